The lowest BCUT2D eigenvalue weighted by Crippen LogP contribution is -2.28. The minimum atomic E-state index is -1.08. The zero-order valence-corrected chi connectivity index (χ0v) is 13.6. The van der Waals surface area contributed by atoms with E-state index >= 15 is 0 Å². The fourth-order valence-electron chi connectivity index (χ4n) is 2.05. The van der Waals surface area contributed by atoms with Gasteiger partial charge in [-0.1, -0.05) is 6.92 Å². The number of carbonyl (C=O) groups is 2. The Labute approximate surface area is 132 Å². The van der Waals surface area contributed by atoms with Crippen LogP contribution in [0.3, 0.4) is 0 Å². The lowest BCUT2D eigenvalue weighted by atomic mass is 10.2. The van der Waals surface area contributed by atoms with Crippen molar-refractivity contribution < 1.29 is 19.1 Å². The molecule has 6 nitrogen and oxygen atoms in total. The number of thiazole rings is 1. The number of carboxylic acids is 1. The van der Waals surface area contributed by atoms with Crippen LogP contribution in [0.2, 0.25) is 0 Å². The van der Waals surface area contributed by atoms with Crippen molar-refractivity contribution in [1.29, 1.82) is 0 Å². The average molecular weight is 322 g/mol. The van der Waals surface area contributed by atoms with E-state index in [1.165, 1.54) is 11.0 Å². The average Bonchev–Trinajstić information content (AvgIpc) is 3.09. The molecule has 2 heterocycles. The highest BCUT2D eigenvalue weighted by atomic mass is 32.1. The quantitative estimate of drug-likeness (QED) is 0.884. The molecule has 0 aromatic carbocycles. The molecule has 0 unspecified atom stereocenters. The summed E-state index contributed by atoms with van der Waals surface area (Å²) in [4.78, 5) is 30.3. The molecule has 0 saturated carbocycles. The Bertz CT molecular complexity index is 690. The highest BCUT2D eigenvalue weighted by Crippen LogP contribution is 2.18. The maximum Gasteiger partial charge on any atom is 0.339 e. The number of aromatic nitrogens is 1. The molecule has 0 bridgehead atoms. The van der Waals surface area contributed by atoms with E-state index in [1.54, 1.807) is 31.5 Å². The van der Waals surface area contributed by atoms with E-state index in [9.17, 15) is 9.59 Å². The van der Waals surface area contributed by atoms with Crippen LogP contribution in [0.15, 0.2) is 16.7 Å². The number of amides is 1. The van der Waals surface area contributed by atoms with Crippen LogP contribution in [0.4, 0.5) is 0 Å². The van der Waals surface area contributed by atoms with Crippen LogP contribution in [0, 0.1) is 6.92 Å². The summed E-state index contributed by atoms with van der Waals surface area (Å²) in [6.45, 7) is 4.27. The first kappa shape index (κ1) is 16.2. The van der Waals surface area contributed by atoms with Gasteiger partial charge in [-0.05, 0) is 6.92 Å². The molecule has 0 saturated heterocycles. The molecule has 22 heavy (non-hydrogen) atoms. The molecule has 0 atom stereocenters. The maximum atomic E-state index is 12.3. The minimum Gasteiger partial charge on any atom is -0.478 e. The van der Waals surface area contributed by atoms with Crippen molar-refractivity contribution in [3.63, 3.8) is 0 Å². The highest BCUT2D eigenvalue weighted by Gasteiger charge is 2.22. The molecule has 0 aliphatic carbocycles. The van der Waals surface area contributed by atoms with E-state index in [2.05, 4.69) is 4.98 Å². The number of hydrogen-bond acceptors (Lipinski definition) is 5. The van der Waals surface area contributed by atoms with Gasteiger partial charge in [0.25, 0.3) is 5.91 Å². The number of carbonyl (C=O) groups excluding carboxylic acids is 1. The second-order valence-corrected chi connectivity index (χ2v) is 6.27. The standard InChI is InChI=1S/C15H18N2O4S/c1-4-11-10(15(19)20)7-12(21-11)14(18)17(3)6-5-13-16-8-9(2)22-13/h7-8H,4-6H2,1-3H3,(H,19,20). The summed E-state index contributed by atoms with van der Waals surface area (Å²) >= 11 is 1.60. The molecule has 7 heteroatoms. The zero-order chi connectivity index (χ0) is 16.3. The number of hydrogen-bond donors (Lipinski definition) is 1. The van der Waals surface area contributed by atoms with E-state index < -0.39 is 5.97 Å². The van der Waals surface area contributed by atoms with Crippen LogP contribution in [0.25, 0.3) is 0 Å². The van der Waals surface area contributed by atoms with Crippen molar-refractivity contribution in [2.24, 2.45) is 0 Å². The predicted molar refractivity (Wildman–Crippen MR) is 82.6 cm³/mol. The third kappa shape index (κ3) is 3.54. The van der Waals surface area contributed by atoms with Gasteiger partial charge < -0.3 is 14.4 Å². The second kappa shape index (κ2) is 6.74. The lowest BCUT2D eigenvalue weighted by molar-refractivity contribution is 0.0693. The first-order valence-electron chi connectivity index (χ1n) is 6.95. The molecule has 0 aliphatic heterocycles. The first-order valence-corrected chi connectivity index (χ1v) is 7.76. The zero-order valence-electron chi connectivity index (χ0n) is 12.8. The number of carboxylic acid groups (broad SMARTS) is 1. The van der Waals surface area contributed by atoms with Gasteiger partial charge in [0.15, 0.2) is 5.76 Å². The van der Waals surface area contributed by atoms with Crippen LogP contribution in [0.1, 0.15) is 43.5 Å². The predicted octanol–water partition coefficient (Wildman–Crippen LogP) is 2.62. The van der Waals surface area contributed by atoms with Crippen LogP contribution < -0.4 is 0 Å². The number of aromatic carboxylic acids is 1. The van der Waals surface area contributed by atoms with Gasteiger partial charge >= 0.3 is 5.97 Å². The molecule has 0 radical (unpaired) electrons. The van der Waals surface area contributed by atoms with Gasteiger partial charge in [-0.25, -0.2) is 9.78 Å². The van der Waals surface area contributed by atoms with Crippen molar-refractivity contribution in [2.75, 3.05) is 13.6 Å². The van der Waals surface area contributed by atoms with E-state index in [4.69, 9.17) is 9.52 Å². The van der Waals surface area contributed by atoms with Crippen molar-refractivity contribution in [3.05, 3.63) is 39.2 Å². The molecule has 2 aromatic heterocycles. The fourth-order valence-corrected chi connectivity index (χ4v) is 2.82. The summed E-state index contributed by atoms with van der Waals surface area (Å²) in [7, 11) is 1.66. The van der Waals surface area contributed by atoms with Crippen molar-refractivity contribution in [3.8, 4) is 0 Å². The van der Waals surface area contributed by atoms with Gasteiger partial charge in [-0.2, -0.15) is 0 Å². The fraction of sp³-hybridized carbons (Fsp3) is 0.400. The molecule has 1 N–H and O–H groups in total. The van der Waals surface area contributed by atoms with E-state index in [1.807, 2.05) is 6.92 Å². The Morgan fingerprint density at radius 1 is 1.45 bits per heavy atom. The summed E-state index contributed by atoms with van der Waals surface area (Å²) in [6, 6.07) is 1.30. The Hall–Kier alpha value is -2.15. The van der Waals surface area contributed by atoms with Crippen LogP contribution in [-0.4, -0.2) is 40.5 Å². The van der Waals surface area contributed by atoms with Gasteiger partial charge in [0.2, 0.25) is 0 Å². The van der Waals surface area contributed by atoms with Crippen LogP contribution in [0.5, 0.6) is 0 Å². The number of furan rings is 1. The Morgan fingerprint density at radius 2 is 2.18 bits per heavy atom. The van der Waals surface area contributed by atoms with Crippen molar-refractivity contribution in [1.82, 2.24) is 9.88 Å². The molecular weight excluding hydrogens is 304 g/mol. The first-order chi connectivity index (χ1) is 10.4. The van der Waals surface area contributed by atoms with E-state index in [0.717, 1.165) is 9.88 Å². The molecule has 118 valence electrons. The third-order valence-corrected chi connectivity index (χ3v) is 4.22. The largest absolute Gasteiger partial charge is 0.478 e. The molecule has 0 fully saturated rings. The molecule has 2 aromatic rings. The molecule has 0 spiro atoms. The number of aryl methyl sites for hydroxylation is 2. The molecule has 1 amide bonds. The summed E-state index contributed by atoms with van der Waals surface area (Å²) < 4.78 is 5.38. The molecule has 2 rings (SSSR count). The second-order valence-electron chi connectivity index (χ2n) is 4.95. The summed E-state index contributed by atoms with van der Waals surface area (Å²) in [6.07, 6.45) is 2.89. The SMILES string of the molecule is CCc1oc(C(=O)N(C)CCc2ncc(C)s2)cc1C(=O)O. The number of rotatable bonds is 6. The highest BCUT2D eigenvalue weighted by molar-refractivity contribution is 7.11. The monoisotopic (exact) mass is 322 g/mol. The van der Waals surface area contributed by atoms with Crippen molar-refractivity contribution >= 4 is 23.2 Å². The van der Waals surface area contributed by atoms with Gasteiger partial charge in [-0.15, -0.1) is 11.3 Å². The lowest BCUT2D eigenvalue weighted by Gasteiger charge is -2.14. The van der Waals surface area contributed by atoms with Gasteiger partial charge in [0.05, 0.1) is 5.01 Å². The van der Waals surface area contributed by atoms with E-state index in [0.29, 0.717) is 25.1 Å². The van der Waals surface area contributed by atoms with Crippen LogP contribution in [-0.2, 0) is 12.8 Å². The van der Waals surface area contributed by atoms with E-state index in [-0.39, 0.29) is 17.2 Å². The Balaban J connectivity index is 2.05. The maximum absolute atomic E-state index is 12.3. The van der Waals surface area contributed by atoms with Crippen molar-refractivity contribution in [2.45, 2.75) is 26.7 Å². The van der Waals surface area contributed by atoms with Gasteiger partial charge in [0.1, 0.15) is 11.3 Å². The Morgan fingerprint density at radius 3 is 2.68 bits per heavy atom. The van der Waals surface area contributed by atoms with Crippen LogP contribution >= 0.6 is 11.3 Å². The van der Waals surface area contributed by atoms with Gasteiger partial charge in [-0.3, -0.25) is 4.79 Å². The summed E-state index contributed by atoms with van der Waals surface area (Å²) in [5.74, 6) is -1.03. The molecular formula is C15H18N2O4S. The third-order valence-electron chi connectivity index (χ3n) is 3.25. The number of nitrogens with zero attached hydrogens (tertiary/aromatic N) is 2. The smallest absolute Gasteiger partial charge is 0.339 e. The summed E-state index contributed by atoms with van der Waals surface area (Å²) in [5.41, 5.74) is 0.0507. The minimum absolute atomic E-state index is 0.0507. The summed E-state index contributed by atoms with van der Waals surface area (Å²) in [5, 5.41) is 10.1. The molecule has 0 aliphatic rings. The van der Waals surface area contributed by atoms with Gasteiger partial charge in [0, 0.05) is 43.6 Å². The number of likely N-dealkylation sites (N-methyl/N-ethyl adjacent to an activating group) is 1. The Kier molecular flexibility index (Phi) is 4.97. The topological polar surface area (TPSA) is 83.6 Å². The normalized spacial score (nSPS) is 10.7.